The maximum Gasteiger partial charge on any atom is 2.00 e. The van der Waals surface area contributed by atoms with Crippen molar-refractivity contribution in [2.45, 2.75) is 0 Å². The van der Waals surface area contributed by atoms with Gasteiger partial charge in [-0.1, -0.05) is 59.3 Å². The third-order valence-electron chi connectivity index (χ3n) is 3.76. The van der Waals surface area contributed by atoms with Crippen molar-refractivity contribution in [1.82, 2.24) is 0 Å². The fourth-order valence-electron chi connectivity index (χ4n) is 2.58. The van der Waals surface area contributed by atoms with E-state index in [2.05, 4.69) is 50.2 Å². The molecule has 0 aliphatic heterocycles. The minimum atomic E-state index is 0. The topological polar surface area (TPSA) is 0 Å². The molecule has 0 saturated carbocycles. The van der Waals surface area contributed by atoms with Gasteiger partial charge in [0.25, 0.3) is 0 Å². The molecule has 0 nitrogen and oxygen atoms in total. The molecule has 0 heterocycles. The van der Waals surface area contributed by atoms with Gasteiger partial charge in [0.05, 0.1) is 0 Å². The van der Waals surface area contributed by atoms with Gasteiger partial charge < -0.3 is 0 Å². The summed E-state index contributed by atoms with van der Waals surface area (Å²) < 4.78 is 0. The predicted octanol–water partition coefficient (Wildman–Crippen LogP) is 5.66. The molecule has 0 bridgehead atoms. The van der Waals surface area contributed by atoms with Gasteiger partial charge in [0.15, 0.2) is 0 Å². The Morgan fingerprint density at radius 2 is 0.783 bits per heavy atom. The van der Waals surface area contributed by atoms with Crippen LogP contribution in [0.4, 0.5) is 0 Å². The fourth-order valence-corrected chi connectivity index (χ4v) is 2.58. The molecule has 0 spiro atoms. The van der Waals surface area contributed by atoms with Crippen molar-refractivity contribution in [3.05, 3.63) is 110 Å². The van der Waals surface area contributed by atoms with E-state index in [0.717, 1.165) is 11.1 Å². The van der Waals surface area contributed by atoms with Crippen molar-refractivity contribution in [1.29, 1.82) is 0 Å². The second-order valence-electron chi connectivity index (χ2n) is 5.28. The van der Waals surface area contributed by atoms with Gasteiger partial charge in [-0.05, 0) is 0 Å². The van der Waals surface area contributed by atoms with E-state index in [1.165, 1.54) is 21.5 Å². The Kier molecular flexibility index (Phi) is 5.97. The average molecular weight is 307 g/mol. The Bertz CT molecular complexity index is 822. The molecule has 0 radical (unpaired) electrons. The van der Waals surface area contributed by atoms with Crippen LogP contribution < -0.4 is 0 Å². The summed E-state index contributed by atoms with van der Waals surface area (Å²) in [7, 11) is 0. The molecule has 1 heteroatoms. The Balaban J connectivity index is 0.000000160. The van der Waals surface area contributed by atoms with Crippen molar-refractivity contribution in [2.75, 3.05) is 0 Å². The molecule has 4 rings (SSSR count). The normalized spacial score (nSPS) is 9.74. The molecule has 0 saturated heterocycles. The third kappa shape index (κ3) is 4.01. The molecule has 0 aliphatic carbocycles. The largest absolute Gasteiger partial charge is 2.00 e. The van der Waals surface area contributed by atoms with E-state index in [4.69, 9.17) is 0 Å². The second-order valence-corrected chi connectivity index (χ2v) is 5.28. The molecule has 0 aromatic heterocycles. The smallest absolute Gasteiger partial charge is 0.198 e. The van der Waals surface area contributed by atoms with Crippen LogP contribution in [0.15, 0.2) is 84.9 Å². The van der Waals surface area contributed by atoms with E-state index in [-0.39, 0.29) is 23.1 Å². The van der Waals surface area contributed by atoms with E-state index >= 15 is 0 Å². The van der Waals surface area contributed by atoms with Gasteiger partial charge >= 0.3 is 23.1 Å². The van der Waals surface area contributed by atoms with Gasteiger partial charge in [0.1, 0.15) is 0 Å². The summed E-state index contributed by atoms with van der Waals surface area (Å²) in [4.78, 5) is 0. The summed E-state index contributed by atoms with van der Waals surface area (Å²) in [6.45, 7) is 7.90. The van der Waals surface area contributed by atoms with E-state index in [0.29, 0.717) is 0 Å². The maximum atomic E-state index is 3.95. The monoisotopic (exact) mass is 306 g/mol. The van der Waals surface area contributed by atoms with Crippen LogP contribution in [-0.4, -0.2) is 23.1 Å². The van der Waals surface area contributed by atoms with Crippen molar-refractivity contribution < 1.29 is 0 Å². The molecule has 0 aliphatic rings. The van der Waals surface area contributed by atoms with Gasteiger partial charge in [0, 0.05) is 0 Å². The van der Waals surface area contributed by atoms with Crippen molar-refractivity contribution >= 4 is 44.6 Å². The summed E-state index contributed by atoms with van der Waals surface area (Å²) in [5.74, 6) is 0. The molecule has 4 aromatic rings. The minimum absolute atomic E-state index is 0. The van der Waals surface area contributed by atoms with Crippen LogP contribution in [0.2, 0.25) is 0 Å². The molecule has 108 valence electrons. The first-order valence-electron chi connectivity index (χ1n) is 7.35. The summed E-state index contributed by atoms with van der Waals surface area (Å²) in [5.41, 5.74) is 2.20. The first kappa shape index (κ1) is 17.3. The van der Waals surface area contributed by atoms with Crippen molar-refractivity contribution in [3.63, 3.8) is 0 Å². The van der Waals surface area contributed by atoms with E-state index < -0.39 is 0 Å². The summed E-state index contributed by atoms with van der Waals surface area (Å²) >= 11 is 0. The van der Waals surface area contributed by atoms with Gasteiger partial charge in [-0.15, -0.1) is 35.0 Å². The average Bonchev–Trinajstić information content (AvgIpc) is 2.57. The molecule has 0 N–H and O–H groups in total. The molecule has 0 unspecified atom stereocenters. The van der Waals surface area contributed by atoms with Crippen LogP contribution in [0.5, 0.6) is 0 Å². The quantitative estimate of drug-likeness (QED) is 0.290. The van der Waals surface area contributed by atoms with E-state index in [1.807, 2.05) is 48.5 Å². The molecule has 23 heavy (non-hydrogen) atoms. The Hall–Kier alpha value is -2.09. The van der Waals surface area contributed by atoms with Crippen LogP contribution in [0.1, 0.15) is 11.1 Å². The van der Waals surface area contributed by atoms with Gasteiger partial charge in [-0.2, -0.15) is 37.1 Å². The third-order valence-corrected chi connectivity index (χ3v) is 3.76. The molecule has 4 aromatic carbocycles. The van der Waals surface area contributed by atoms with E-state index in [9.17, 15) is 0 Å². The van der Waals surface area contributed by atoms with Crippen LogP contribution in [0.25, 0.3) is 21.5 Å². The first-order valence-corrected chi connectivity index (χ1v) is 7.35. The van der Waals surface area contributed by atoms with E-state index in [1.54, 1.807) is 0 Å². The van der Waals surface area contributed by atoms with Crippen molar-refractivity contribution in [3.8, 4) is 0 Å². The fraction of sp³-hybridized carbons (Fsp3) is 0. The second kappa shape index (κ2) is 7.96. The Morgan fingerprint density at radius 3 is 1.17 bits per heavy atom. The van der Waals surface area contributed by atoms with Crippen LogP contribution in [0, 0.1) is 13.8 Å². The number of rotatable bonds is 0. The number of fused-ring (bicyclic) bond motifs is 2. The summed E-state index contributed by atoms with van der Waals surface area (Å²) in [6, 6.07) is 28.9. The Morgan fingerprint density at radius 1 is 0.435 bits per heavy atom. The zero-order valence-corrected chi connectivity index (χ0v) is 14.6. The first-order chi connectivity index (χ1) is 10.8. The van der Waals surface area contributed by atoms with Gasteiger partial charge in [0.2, 0.25) is 0 Å². The van der Waals surface area contributed by atoms with Gasteiger partial charge in [-0.25, -0.2) is 0 Å². The molecule has 0 fully saturated rings. The van der Waals surface area contributed by atoms with Gasteiger partial charge in [-0.3, -0.25) is 0 Å². The van der Waals surface area contributed by atoms with Crippen LogP contribution >= 0.6 is 0 Å². The predicted molar refractivity (Wildman–Crippen MR) is 103 cm³/mol. The zero-order chi connectivity index (χ0) is 15.4. The molecule has 0 atom stereocenters. The summed E-state index contributed by atoms with van der Waals surface area (Å²) in [5, 5.41) is 5.02. The Labute approximate surface area is 154 Å². The molecular formula is C22H18Mg. The standard InChI is InChI=1S/2C11H9.Mg/c2*1-9-5-4-7-10-6-2-3-8-11(9)10;/h2*2-8H,1H2;/q2*-1;+2. The summed E-state index contributed by atoms with van der Waals surface area (Å²) in [6.07, 6.45) is 0. The van der Waals surface area contributed by atoms with Crippen molar-refractivity contribution in [2.24, 2.45) is 0 Å². The molecular weight excluding hydrogens is 289 g/mol. The number of benzene rings is 4. The number of hydrogen-bond acceptors (Lipinski definition) is 0. The van der Waals surface area contributed by atoms with Crippen LogP contribution in [0.3, 0.4) is 0 Å². The minimum Gasteiger partial charge on any atom is -0.198 e. The van der Waals surface area contributed by atoms with Crippen LogP contribution in [-0.2, 0) is 0 Å². The SMILES string of the molecule is [CH2-]c1cccc2ccccc12.[CH2-]c1cccc2ccccc12.[Mg+2]. The zero-order valence-electron chi connectivity index (χ0n) is 13.2. The maximum absolute atomic E-state index is 3.95. The molecule has 0 amide bonds. The number of hydrogen-bond donors (Lipinski definition) is 0.